The molecule has 4 rings (SSSR count). The number of para-hydroxylation sites is 1. The number of aryl methyl sites for hydroxylation is 1. The maximum Gasteiger partial charge on any atom is 0.229 e. The molecule has 28 heavy (non-hydrogen) atoms. The van der Waals surface area contributed by atoms with E-state index >= 15 is 0 Å². The van der Waals surface area contributed by atoms with Crippen molar-refractivity contribution < 1.29 is 8.78 Å². The first-order valence-electron chi connectivity index (χ1n) is 8.73. The first kappa shape index (κ1) is 18.3. The molecule has 1 N–H and O–H groups in total. The van der Waals surface area contributed by atoms with Gasteiger partial charge in [-0.1, -0.05) is 35.9 Å². The number of anilines is 2. The third-order valence-corrected chi connectivity index (χ3v) is 4.76. The van der Waals surface area contributed by atoms with Gasteiger partial charge in [-0.15, -0.1) is 0 Å². The van der Waals surface area contributed by atoms with Gasteiger partial charge in [0, 0.05) is 18.0 Å². The molecule has 0 unspecified atom stereocenters. The summed E-state index contributed by atoms with van der Waals surface area (Å²) in [5.74, 6) is -0.552. The molecule has 0 bridgehead atoms. The first-order chi connectivity index (χ1) is 13.6. The SMILES string of the molecule is CCn1c(Cc2ccccc2Cl)nc2cnc(Nc3c(F)cccc3F)nc21. The van der Waals surface area contributed by atoms with Crippen molar-refractivity contribution in [1.82, 2.24) is 19.5 Å². The Morgan fingerprint density at radius 1 is 1.04 bits per heavy atom. The molecule has 0 atom stereocenters. The average Bonchev–Trinajstić information content (AvgIpc) is 3.03. The van der Waals surface area contributed by atoms with Gasteiger partial charge < -0.3 is 9.88 Å². The molecule has 0 saturated heterocycles. The molecule has 4 aromatic rings. The van der Waals surface area contributed by atoms with Crippen molar-refractivity contribution in [2.75, 3.05) is 5.32 Å². The van der Waals surface area contributed by atoms with E-state index in [1.165, 1.54) is 24.4 Å². The van der Waals surface area contributed by atoms with Gasteiger partial charge in [0.15, 0.2) is 5.65 Å². The van der Waals surface area contributed by atoms with Crippen LogP contribution in [0.25, 0.3) is 11.2 Å². The second-order valence-corrected chi connectivity index (χ2v) is 6.57. The van der Waals surface area contributed by atoms with Crippen LogP contribution in [0.3, 0.4) is 0 Å². The molecule has 5 nitrogen and oxygen atoms in total. The van der Waals surface area contributed by atoms with Crippen molar-refractivity contribution in [2.45, 2.75) is 19.9 Å². The molecule has 8 heteroatoms. The van der Waals surface area contributed by atoms with E-state index in [9.17, 15) is 8.78 Å². The van der Waals surface area contributed by atoms with Gasteiger partial charge >= 0.3 is 0 Å². The summed E-state index contributed by atoms with van der Waals surface area (Å²) in [4.78, 5) is 13.2. The minimum atomic E-state index is -0.716. The van der Waals surface area contributed by atoms with Gasteiger partial charge in [-0.2, -0.15) is 4.98 Å². The van der Waals surface area contributed by atoms with Crippen molar-refractivity contribution >= 4 is 34.4 Å². The minimum absolute atomic E-state index is 0.0930. The molecule has 0 saturated carbocycles. The second-order valence-electron chi connectivity index (χ2n) is 6.16. The van der Waals surface area contributed by atoms with Crippen LogP contribution in [0.5, 0.6) is 0 Å². The summed E-state index contributed by atoms with van der Waals surface area (Å²) in [7, 11) is 0. The number of aromatic nitrogens is 4. The van der Waals surface area contributed by atoms with Gasteiger partial charge in [-0.3, -0.25) is 0 Å². The van der Waals surface area contributed by atoms with Crippen LogP contribution in [0.2, 0.25) is 5.02 Å². The number of halogens is 3. The van der Waals surface area contributed by atoms with E-state index in [1.807, 2.05) is 35.8 Å². The van der Waals surface area contributed by atoms with Crippen molar-refractivity contribution in [3.8, 4) is 0 Å². The summed E-state index contributed by atoms with van der Waals surface area (Å²) in [6.45, 7) is 2.60. The van der Waals surface area contributed by atoms with Crippen LogP contribution in [0.15, 0.2) is 48.7 Å². The lowest BCUT2D eigenvalue weighted by molar-refractivity contribution is 0.590. The first-order valence-corrected chi connectivity index (χ1v) is 9.11. The van der Waals surface area contributed by atoms with Crippen LogP contribution >= 0.6 is 11.6 Å². The topological polar surface area (TPSA) is 55.6 Å². The number of benzene rings is 2. The molecule has 2 heterocycles. The van der Waals surface area contributed by atoms with Gasteiger partial charge in [0.1, 0.15) is 28.7 Å². The Balaban J connectivity index is 1.72. The summed E-state index contributed by atoms with van der Waals surface area (Å²) < 4.78 is 29.7. The van der Waals surface area contributed by atoms with Crippen LogP contribution < -0.4 is 5.32 Å². The lowest BCUT2D eigenvalue weighted by atomic mass is 10.1. The zero-order valence-corrected chi connectivity index (χ0v) is 15.7. The summed E-state index contributed by atoms with van der Waals surface area (Å²) >= 11 is 6.27. The normalized spacial score (nSPS) is 11.1. The number of nitrogens with zero attached hydrogens (tertiary/aromatic N) is 4. The summed E-state index contributed by atoms with van der Waals surface area (Å²) in [6.07, 6.45) is 2.07. The number of fused-ring (bicyclic) bond motifs is 1. The van der Waals surface area contributed by atoms with E-state index in [4.69, 9.17) is 11.6 Å². The lowest BCUT2D eigenvalue weighted by Crippen LogP contribution is -2.05. The van der Waals surface area contributed by atoms with Crippen molar-refractivity contribution in [1.29, 1.82) is 0 Å². The third kappa shape index (κ3) is 3.41. The third-order valence-electron chi connectivity index (χ3n) is 4.39. The molecule has 142 valence electrons. The Bertz CT molecular complexity index is 1140. The molecule has 0 spiro atoms. The van der Waals surface area contributed by atoms with Crippen molar-refractivity contribution in [3.05, 3.63) is 76.7 Å². The average molecular weight is 400 g/mol. The predicted octanol–water partition coefficient (Wildman–Crippen LogP) is 5.11. The fraction of sp³-hybridized carbons (Fsp3) is 0.150. The molecule has 0 amide bonds. The Morgan fingerprint density at radius 2 is 1.79 bits per heavy atom. The van der Waals surface area contributed by atoms with Crippen molar-refractivity contribution in [2.24, 2.45) is 0 Å². The number of hydrogen-bond donors (Lipinski definition) is 1. The smallest absolute Gasteiger partial charge is 0.229 e. The molecule has 0 aliphatic heterocycles. The van der Waals surface area contributed by atoms with Gasteiger partial charge in [-0.05, 0) is 30.7 Å². The van der Waals surface area contributed by atoms with E-state index in [2.05, 4.69) is 20.3 Å². The predicted molar refractivity (Wildman–Crippen MR) is 105 cm³/mol. The van der Waals surface area contributed by atoms with Crippen molar-refractivity contribution in [3.63, 3.8) is 0 Å². The Morgan fingerprint density at radius 3 is 2.50 bits per heavy atom. The Hall–Kier alpha value is -3.06. The molecule has 0 radical (unpaired) electrons. The molecule has 0 fully saturated rings. The number of imidazole rings is 1. The molecule has 0 aliphatic rings. The molecular formula is C20H16ClF2N5. The highest BCUT2D eigenvalue weighted by atomic mass is 35.5. The standard InChI is InChI=1S/C20H16ClF2N5/c1-2-28-17(10-12-6-3-4-7-13(12)21)25-16-11-24-20(27-19(16)28)26-18-14(22)8-5-9-15(18)23/h3-9,11H,2,10H2,1H3,(H,24,26,27). The minimum Gasteiger partial charge on any atom is -0.319 e. The zero-order valence-electron chi connectivity index (χ0n) is 15.0. The van der Waals surface area contributed by atoms with E-state index in [0.717, 1.165) is 11.4 Å². The molecular weight excluding hydrogens is 384 g/mol. The fourth-order valence-corrected chi connectivity index (χ4v) is 3.24. The zero-order chi connectivity index (χ0) is 19.7. The van der Waals surface area contributed by atoms with Gasteiger partial charge in [0.25, 0.3) is 0 Å². The van der Waals surface area contributed by atoms with Gasteiger partial charge in [-0.25, -0.2) is 18.7 Å². The highest BCUT2D eigenvalue weighted by molar-refractivity contribution is 6.31. The van der Waals surface area contributed by atoms with Crippen LogP contribution in [-0.2, 0) is 13.0 Å². The Kier molecular flexibility index (Phi) is 4.92. The van der Waals surface area contributed by atoms with Crippen LogP contribution in [0.4, 0.5) is 20.4 Å². The van der Waals surface area contributed by atoms with Crippen LogP contribution in [0, 0.1) is 11.6 Å². The van der Waals surface area contributed by atoms with E-state index in [-0.39, 0.29) is 11.6 Å². The van der Waals surface area contributed by atoms with Gasteiger partial charge in [0.2, 0.25) is 5.95 Å². The highest BCUT2D eigenvalue weighted by Gasteiger charge is 2.15. The second kappa shape index (κ2) is 7.52. The maximum absolute atomic E-state index is 13.9. The summed E-state index contributed by atoms with van der Waals surface area (Å²) in [6, 6.07) is 11.2. The monoisotopic (exact) mass is 399 g/mol. The Labute approximate surface area is 165 Å². The fourth-order valence-electron chi connectivity index (χ4n) is 3.03. The molecule has 2 aromatic carbocycles. The number of nitrogens with one attached hydrogen (secondary N) is 1. The van der Waals surface area contributed by atoms with E-state index < -0.39 is 11.6 Å². The molecule has 0 aliphatic carbocycles. The van der Waals surface area contributed by atoms with E-state index in [0.29, 0.717) is 29.2 Å². The quantitative estimate of drug-likeness (QED) is 0.506. The highest BCUT2D eigenvalue weighted by Crippen LogP contribution is 2.24. The molecule has 2 aromatic heterocycles. The lowest BCUT2D eigenvalue weighted by Gasteiger charge is -2.09. The number of rotatable bonds is 5. The van der Waals surface area contributed by atoms with Crippen LogP contribution in [-0.4, -0.2) is 19.5 Å². The van der Waals surface area contributed by atoms with Gasteiger partial charge in [0.05, 0.1) is 6.20 Å². The summed E-state index contributed by atoms with van der Waals surface area (Å²) in [5, 5.41) is 3.28. The summed E-state index contributed by atoms with van der Waals surface area (Å²) in [5.41, 5.74) is 1.84. The number of hydrogen-bond acceptors (Lipinski definition) is 4. The van der Waals surface area contributed by atoms with E-state index in [1.54, 1.807) is 0 Å². The maximum atomic E-state index is 13.9. The van der Waals surface area contributed by atoms with Crippen LogP contribution in [0.1, 0.15) is 18.3 Å². The largest absolute Gasteiger partial charge is 0.319 e.